The Bertz CT molecular complexity index is 861. The van der Waals surface area contributed by atoms with E-state index in [1.54, 1.807) is 37.9 Å². The molecule has 0 bridgehead atoms. The van der Waals surface area contributed by atoms with Gasteiger partial charge in [-0.25, -0.2) is 8.42 Å². The third kappa shape index (κ3) is 5.11. The highest BCUT2D eigenvalue weighted by Gasteiger charge is 2.22. The monoisotopic (exact) mass is 415 g/mol. The number of hydrogen-bond acceptors (Lipinski definition) is 7. The van der Waals surface area contributed by atoms with Gasteiger partial charge in [-0.05, 0) is 42.0 Å². The van der Waals surface area contributed by atoms with Gasteiger partial charge < -0.3 is 4.74 Å². The van der Waals surface area contributed by atoms with Gasteiger partial charge in [0.15, 0.2) is 4.34 Å². The molecule has 2 aromatic rings. The van der Waals surface area contributed by atoms with Crippen LogP contribution in [0.25, 0.3) is 0 Å². The number of hydrogen-bond donors (Lipinski definition) is 1. The van der Waals surface area contributed by atoms with E-state index in [0.717, 1.165) is 15.7 Å². The number of thioether (sulfide) groups is 1. The second-order valence-electron chi connectivity index (χ2n) is 6.70. The summed E-state index contributed by atoms with van der Waals surface area (Å²) in [5.74, 6) is 2.27. The number of anilines is 1. The van der Waals surface area contributed by atoms with E-state index in [2.05, 4.69) is 28.8 Å². The van der Waals surface area contributed by atoms with E-state index in [4.69, 9.17) is 4.74 Å². The van der Waals surface area contributed by atoms with Crippen LogP contribution in [0.4, 0.5) is 5.13 Å². The summed E-state index contributed by atoms with van der Waals surface area (Å²) in [5.41, 5.74) is 1.47. The fourth-order valence-electron chi connectivity index (χ4n) is 2.31. The Labute approximate surface area is 163 Å². The Morgan fingerprint density at radius 1 is 1.23 bits per heavy atom. The zero-order chi connectivity index (χ0) is 19.5. The van der Waals surface area contributed by atoms with Gasteiger partial charge >= 0.3 is 0 Å². The molecule has 9 heteroatoms. The van der Waals surface area contributed by atoms with Crippen LogP contribution in [0.5, 0.6) is 5.75 Å². The van der Waals surface area contributed by atoms with E-state index in [-0.39, 0.29) is 15.9 Å². The van der Waals surface area contributed by atoms with E-state index in [9.17, 15) is 8.42 Å². The predicted octanol–water partition coefficient (Wildman–Crippen LogP) is 4.53. The standard InChI is InChI=1S/C17H25N3O3S3/c1-10(2)9-24-17-19-18-16(25-17)20-26(21,22)15-8-13(11(3)4)14(23-6)7-12(15)5/h7-8,10-11H,9H2,1-6H3,(H,18,20). The third-order valence-corrected chi connectivity index (χ3v) is 7.62. The summed E-state index contributed by atoms with van der Waals surface area (Å²) >= 11 is 2.83. The first-order chi connectivity index (χ1) is 12.1. The average Bonchev–Trinajstić information content (AvgIpc) is 2.98. The fourth-order valence-corrected chi connectivity index (χ4v) is 5.53. The maximum atomic E-state index is 12.9. The smallest absolute Gasteiger partial charge is 0.263 e. The summed E-state index contributed by atoms with van der Waals surface area (Å²) in [6, 6.07) is 3.44. The molecule has 0 aliphatic rings. The summed E-state index contributed by atoms with van der Waals surface area (Å²) in [6.07, 6.45) is 0. The zero-order valence-corrected chi connectivity index (χ0v) is 18.3. The highest BCUT2D eigenvalue weighted by molar-refractivity contribution is 8.01. The molecule has 6 nitrogen and oxygen atoms in total. The molecule has 1 N–H and O–H groups in total. The van der Waals surface area contributed by atoms with Crippen LogP contribution in [0.1, 0.15) is 44.7 Å². The average molecular weight is 416 g/mol. The number of methoxy groups -OCH3 is 1. The van der Waals surface area contributed by atoms with Crippen LogP contribution in [0.2, 0.25) is 0 Å². The van der Waals surface area contributed by atoms with Crippen molar-refractivity contribution < 1.29 is 13.2 Å². The molecule has 0 atom stereocenters. The van der Waals surface area contributed by atoms with Gasteiger partial charge in [-0.3, -0.25) is 4.72 Å². The first-order valence-electron chi connectivity index (χ1n) is 8.31. The number of nitrogens with one attached hydrogen (secondary N) is 1. The van der Waals surface area contributed by atoms with Crippen LogP contribution >= 0.6 is 23.1 Å². The number of aromatic nitrogens is 2. The van der Waals surface area contributed by atoms with E-state index in [1.807, 2.05) is 13.8 Å². The third-order valence-electron chi connectivity index (χ3n) is 3.61. The molecule has 0 unspecified atom stereocenters. The molecular formula is C17H25N3O3S3. The lowest BCUT2D eigenvalue weighted by Crippen LogP contribution is -2.15. The van der Waals surface area contributed by atoms with Crippen LogP contribution in [0.3, 0.4) is 0 Å². The molecule has 0 aliphatic heterocycles. The van der Waals surface area contributed by atoms with Crippen molar-refractivity contribution in [3.63, 3.8) is 0 Å². The molecular weight excluding hydrogens is 390 g/mol. The van der Waals surface area contributed by atoms with E-state index >= 15 is 0 Å². The predicted molar refractivity (Wildman–Crippen MR) is 108 cm³/mol. The highest BCUT2D eigenvalue weighted by atomic mass is 32.2. The van der Waals surface area contributed by atoms with Gasteiger partial charge in [0.1, 0.15) is 5.75 Å². The lowest BCUT2D eigenvalue weighted by molar-refractivity contribution is 0.406. The number of ether oxygens (including phenoxy) is 1. The number of nitrogens with zero attached hydrogens (tertiary/aromatic N) is 2. The highest BCUT2D eigenvalue weighted by Crippen LogP contribution is 2.33. The Kier molecular flexibility index (Phi) is 6.92. The number of sulfonamides is 1. The maximum Gasteiger partial charge on any atom is 0.263 e. The molecule has 0 spiro atoms. The first-order valence-corrected chi connectivity index (χ1v) is 11.6. The Hall–Kier alpha value is -1.32. The van der Waals surface area contributed by atoms with Crippen molar-refractivity contribution in [3.05, 3.63) is 23.3 Å². The van der Waals surface area contributed by atoms with Crippen LogP contribution < -0.4 is 9.46 Å². The number of rotatable bonds is 8. The second-order valence-corrected chi connectivity index (χ2v) is 10.6. The minimum Gasteiger partial charge on any atom is -0.496 e. The van der Waals surface area contributed by atoms with E-state index < -0.39 is 10.0 Å². The molecule has 1 aromatic heterocycles. The largest absolute Gasteiger partial charge is 0.496 e. The topological polar surface area (TPSA) is 81.2 Å². The Morgan fingerprint density at radius 2 is 1.92 bits per heavy atom. The molecule has 0 saturated heterocycles. The van der Waals surface area contributed by atoms with Crippen LogP contribution in [-0.4, -0.2) is 31.5 Å². The molecule has 0 aliphatic carbocycles. The SMILES string of the molecule is COc1cc(C)c(S(=O)(=O)Nc2nnc(SCC(C)C)s2)cc1C(C)C. The second kappa shape index (κ2) is 8.58. The quantitative estimate of drug-likeness (QED) is 0.638. The van der Waals surface area contributed by atoms with Crippen molar-refractivity contribution in [1.29, 1.82) is 0 Å². The molecule has 26 heavy (non-hydrogen) atoms. The summed E-state index contributed by atoms with van der Waals surface area (Å²) in [4.78, 5) is 0.230. The normalized spacial score (nSPS) is 12.0. The van der Waals surface area contributed by atoms with Crippen LogP contribution in [0, 0.1) is 12.8 Å². The Balaban J connectivity index is 2.29. The van der Waals surface area contributed by atoms with Crippen molar-refractivity contribution >= 4 is 38.3 Å². The van der Waals surface area contributed by atoms with Crippen LogP contribution in [-0.2, 0) is 10.0 Å². The molecule has 1 aromatic carbocycles. The van der Waals surface area contributed by atoms with Crippen LogP contribution in [0.15, 0.2) is 21.4 Å². The van der Waals surface area contributed by atoms with Crippen molar-refractivity contribution in [1.82, 2.24) is 10.2 Å². The van der Waals surface area contributed by atoms with Crippen molar-refractivity contribution in [2.45, 2.75) is 49.8 Å². The van der Waals surface area contributed by atoms with Gasteiger partial charge in [0.2, 0.25) is 5.13 Å². The molecule has 0 radical (unpaired) electrons. The Morgan fingerprint density at radius 3 is 2.50 bits per heavy atom. The van der Waals surface area contributed by atoms with Gasteiger partial charge in [0.25, 0.3) is 10.0 Å². The lowest BCUT2D eigenvalue weighted by Gasteiger charge is -2.16. The number of benzene rings is 1. The van der Waals surface area contributed by atoms with Gasteiger partial charge in [-0.15, -0.1) is 10.2 Å². The fraction of sp³-hybridized carbons (Fsp3) is 0.529. The zero-order valence-electron chi connectivity index (χ0n) is 15.9. The summed E-state index contributed by atoms with van der Waals surface area (Å²) in [7, 11) is -2.16. The van der Waals surface area contributed by atoms with E-state index in [0.29, 0.717) is 17.2 Å². The molecule has 2 rings (SSSR count). The van der Waals surface area contributed by atoms with Crippen molar-refractivity contribution in [2.75, 3.05) is 17.6 Å². The maximum absolute atomic E-state index is 12.9. The van der Waals surface area contributed by atoms with Gasteiger partial charge in [0, 0.05) is 5.75 Å². The first kappa shape index (κ1) is 21.0. The lowest BCUT2D eigenvalue weighted by atomic mass is 10.0. The summed E-state index contributed by atoms with van der Waals surface area (Å²) in [5, 5.41) is 8.28. The molecule has 0 fully saturated rings. The minimum absolute atomic E-state index is 0.139. The summed E-state index contributed by atoms with van der Waals surface area (Å²) < 4.78 is 34.4. The van der Waals surface area contributed by atoms with E-state index in [1.165, 1.54) is 11.3 Å². The summed E-state index contributed by atoms with van der Waals surface area (Å²) in [6.45, 7) is 10.00. The molecule has 1 heterocycles. The van der Waals surface area contributed by atoms with Crippen molar-refractivity contribution in [2.24, 2.45) is 5.92 Å². The minimum atomic E-state index is -3.75. The molecule has 0 saturated carbocycles. The number of aryl methyl sites for hydroxylation is 1. The van der Waals surface area contributed by atoms with Crippen molar-refractivity contribution in [3.8, 4) is 5.75 Å². The van der Waals surface area contributed by atoms with Gasteiger partial charge in [-0.1, -0.05) is 50.8 Å². The van der Waals surface area contributed by atoms with Gasteiger partial charge in [-0.2, -0.15) is 0 Å². The van der Waals surface area contributed by atoms with Gasteiger partial charge in [0.05, 0.1) is 12.0 Å². The molecule has 144 valence electrons. The molecule has 0 amide bonds.